The first-order valence-corrected chi connectivity index (χ1v) is 5.28. The summed E-state index contributed by atoms with van der Waals surface area (Å²) in [5, 5.41) is 0. The van der Waals surface area contributed by atoms with Crippen molar-refractivity contribution in [1.29, 1.82) is 0 Å². The molecule has 2 heteroatoms. The van der Waals surface area contributed by atoms with E-state index in [0.717, 1.165) is 30.2 Å². The lowest BCUT2D eigenvalue weighted by Gasteiger charge is -1.95. The van der Waals surface area contributed by atoms with E-state index in [0.29, 0.717) is 0 Å². The second kappa shape index (κ2) is 4.30. The van der Waals surface area contributed by atoms with E-state index in [1.54, 1.807) is 0 Å². The smallest absolute Gasteiger partial charge is 0.199 e. The minimum absolute atomic E-state index is 0.779. The highest BCUT2D eigenvalue weighted by Gasteiger charge is 2.07. The fourth-order valence-electron chi connectivity index (χ4n) is 1.66. The highest BCUT2D eigenvalue weighted by atomic mass is 16.4. The molecule has 0 fully saturated rings. The third-order valence-electron chi connectivity index (χ3n) is 2.47. The van der Waals surface area contributed by atoms with Crippen molar-refractivity contribution in [1.82, 2.24) is 4.98 Å². The summed E-state index contributed by atoms with van der Waals surface area (Å²) in [5.74, 6) is 1.76. The highest BCUT2D eigenvalue weighted by Crippen LogP contribution is 2.13. The summed E-state index contributed by atoms with van der Waals surface area (Å²) in [6.07, 6.45) is 1.71. The Morgan fingerprint density at radius 2 is 1.93 bits per heavy atom. The number of hydrogen-bond donors (Lipinski definition) is 0. The summed E-state index contributed by atoms with van der Waals surface area (Å²) in [5.41, 5.74) is 2.31. The van der Waals surface area contributed by atoms with Gasteiger partial charge in [0.1, 0.15) is 5.76 Å². The molecule has 1 aromatic heterocycles. The summed E-state index contributed by atoms with van der Waals surface area (Å²) in [4.78, 5) is 4.46. The predicted molar refractivity (Wildman–Crippen MR) is 59.9 cm³/mol. The van der Waals surface area contributed by atoms with Crippen LogP contribution < -0.4 is 0 Å². The molecule has 1 aromatic carbocycles. The van der Waals surface area contributed by atoms with Gasteiger partial charge in [0.15, 0.2) is 5.89 Å². The van der Waals surface area contributed by atoms with E-state index in [1.807, 2.05) is 25.1 Å². The van der Waals surface area contributed by atoms with Crippen molar-refractivity contribution in [3.63, 3.8) is 0 Å². The van der Waals surface area contributed by atoms with Gasteiger partial charge in [-0.2, -0.15) is 0 Å². The van der Waals surface area contributed by atoms with Gasteiger partial charge in [0, 0.05) is 6.42 Å². The number of aryl methyl sites for hydroxylation is 2. The second-order valence-corrected chi connectivity index (χ2v) is 3.63. The standard InChI is InChI=1S/C13H15NO/c1-3-12-10(2)15-13(14-12)9-11-7-5-4-6-8-11/h4-8H,3,9H2,1-2H3. The quantitative estimate of drug-likeness (QED) is 0.762. The molecule has 0 aliphatic carbocycles. The Labute approximate surface area is 90.0 Å². The van der Waals surface area contributed by atoms with E-state index in [1.165, 1.54) is 5.56 Å². The second-order valence-electron chi connectivity index (χ2n) is 3.63. The van der Waals surface area contributed by atoms with E-state index < -0.39 is 0 Å². The lowest BCUT2D eigenvalue weighted by atomic mass is 10.1. The van der Waals surface area contributed by atoms with Crippen LogP contribution in [0.25, 0.3) is 0 Å². The van der Waals surface area contributed by atoms with Crippen molar-refractivity contribution < 1.29 is 4.42 Å². The van der Waals surface area contributed by atoms with Gasteiger partial charge in [-0.3, -0.25) is 0 Å². The fraction of sp³-hybridized carbons (Fsp3) is 0.308. The van der Waals surface area contributed by atoms with Crippen LogP contribution in [0.4, 0.5) is 0 Å². The van der Waals surface area contributed by atoms with Gasteiger partial charge in [-0.15, -0.1) is 0 Å². The van der Waals surface area contributed by atoms with Gasteiger partial charge < -0.3 is 4.42 Å². The van der Waals surface area contributed by atoms with E-state index in [-0.39, 0.29) is 0 Å². The molecule has 2 rings (SSSR count). The lowest BCUT2D eigenvalue weighted by Crippen LogP contribution is -1.88. The number of aromatic nitrogens is 1. The van der Waals surface area contributed by atoms with Gasteiger partial charge in [0.25, 0.3) is 0 Å². The van der Waals surface area contributed by atoms with Gasteiger partial charge in [-0.1, -0.05) is 37.3 Å². The van der Waals surface area contributed by atoms with Crippen LogP contribution >= 0.6 is 0 Å². The van der Waals surface area contributed by atoms with Crippen LogP contribution in [0.2, 0.25) is 0 Å². The van der Waals surface area contributed by atoms with Gasteiger partial charge >= 0.3 is 0 Å². The van der Waals surface area contributed by atoms with Crippen molar-refractivity contribution >= 4 is 0 Å². The molecule has 0 amide bonds. The molecule has 0 bridgehead atoms. The van der Waals surface area contributed by atoms with E-state index in [4.69, 9.17) is 4.42 Å². The summed E-state index contributed by atoms with van der Waals surface area (Å²) in [7, 11) is 0. The van der Waals surface area contributed by atoms with Crippen LogP contribution in [0.3, 0.4) is 0 Å². The SMILES string of the molecule is CCc1nc(Cc2ccccc2)oc1C. The van der Waals surface area contributed by atoms with Crippen LogP contribution in [0, 0.1) is 6.92 Å². The normalized spacial score (nSPS) is 10.5. The monoisotopic (exact) mass is 201 g/mol. The minimum Gasteiger partial charge on any atom is -0.445 e. The number of oxazole rings is 1. The van der Waals surface area contributed by atoms with Gasteiger partial charge in [-0.25, -0.2) is 4.98 Å². The van der Waals surface area contributed by atoms with Gasteiger partial charge in [0.2, 0.25) is 0 Å². The Morgan fingerprint density at radius 1 is 1.20 bits per heavy atom. The highest BCUT2D eigenvalue weighted by molar-refractivity contribution is 5.19. The maximum absolute atomic E-state index is 5.60. The number of nitrogens with zero attached hydrogens (tertiary/aromatic N) is 1. The van der Waals surface area contributed by atoms with Crippen molar-refractivity contribution in [3.05, 3.63) is 53.2 Å². The molecule has 78 valence electrons. The van der Waals surface area contributed by atoms with E-state index in [2.05, 4.69) is 24.0 Å². The summed E-state index contributed by atoms with van der Waals surface area (Å²) in [6, 6.07) is 10.3. The lowest BCUT2D eigenvalue weighted by molar-refractivity contribution is 0.480. The van der Waals surface area contributed by atoms with Crippen LogP contribution in [0.5, 0.6) is 0 Å². The predicted octanol–water partition coefficient (Wildman–Crippen LogP) is 3.14. The van der Waals surface area contributed by atoms with Gasteiger partial charge in [0.05, 0.1) is 5.69 Å². The largest absolute Gasteiger partial charge is 0.445 e. The molecule has 0 saturated carbocycles. The molecular formula is C13H15NO. The van der Waals surface area contributed by atoms with Crippen molar-refractivity contribution in [2.24, 2.45) is 0 Å². The number of hydrogen-bond acceptors (Lipinski definition) is 2. The maximum atomic E-state index is 5.60. The molecule has 0 unspecified atom stereocenters. The molecule has 2 nitrogen and oxygen atoms in total. The third kappa shape index (κ3) is 2.27. The Hall–Kier alpha value is -1.57. The topological polar surface area (TPSA) is 26.0 Å². The Bertz CT molecular complexity index is 431. The summed E-state index contributed by atoms with van der Waals surface area (Å²) < 4.78 is 5.60. The third-order valence-corrected chi connectivity index (χ3v) is 2.47. The van der Waals surface area contributed by atoms with Crippen molar-refractivity contribution in [2.45, 2.75) is 26.7 Å². The van der Waals surface area contributed by atoms with E-state index >= 15 is 0 Å². The first-order valence-electron chi connectivity index (χ1n) is 5.28. The zero-order valence-electron chi connectivity index (χ0n) is 9.16. The van der Waals surface area contributed by atoms with Crippen molar-refractivity contribution in [3.8, 4) is 0 Å². The number of rotatable bonds is 3. The van der Waals surface area contributed by atoms with Gasteiger partial charge in [-0.05, 0) is 18.9 Å². The Morgan fingerprint density at radius 3 is 2.53 bits per heavy atom. The molecule has 0 aliphatic heterocycles. The summed E-state index contributed by atoms with van der Waals surface area (Å²) >= 11 is 0. The van der Waals surface area contributed by atoms with Crippen LogP contribution in [0.15, 0.2) is 34.7 Å². The average Bonchev–Trinajstić information content (AvgIpc) is 2.60. The molecule has 0 aliphatic rings. The molecule has 15 heavy (non-hydrogen) atoms. The molecule has 0 saturated heterocycles. The molecular weight excluding hydrogens is 186 g/mol. The molecule has 0 radical (unpaired) electrons. The molecule has 0 N–H and O–H groups in total. The molecule has 0 spiro atoms. The Balaban J connectivity index is 2.18. The zero-order valence-corrected chi connectivity index (χ0v) is 9.16. The molecule has 0 atom stereocenters. The molecule has 2 aromatic rings. The molecule has 1 heterocycles. The van der Waals surface area contributed by atoms with Crippen molar-refractivity contribution in [2.75, 3.05) is 0 Å². The first kappa shape index (κ1) is 9.97. The van der Waals surface area contributed by atoms with E-state index in [9.17, 15) is 0 Å². The zero-order chi connectivity index (χ0) is 10.7. The van der Waals surface area contributed by atoms with Crippen LogP contribution in [-0.4, -0.2) is 4.98 Å². The summed E-state index contributed by atoms with van der Waals surface area (Å²) in [6.45, 7) is 4.07. The minimum atomic E-state index is 0.779. The number of benzene rings is 1. The Kier molecular flexibility index (Phi) is 2.86. The maximum Gasteiger partial charge on any atom is 0.199 e. The average molecular weight is 201 g/mol. The van der Waals surface area contributed by atoms with Crippen LogP contribution in [0.1, 0.15) is 29.8 Å². The fourth-order valence-corrected chi connectivity index (χ4v) is 1.66. The van der Waals surface area contributed by atoms with Crippen LogP contribution in [-0.2, 0) is 12.8 Å². The first-order chi connectivity index (χ1) is 7.29.